The Bertz CT molecular complexity index is 482. The van der Waals surface area contributed by atoms with Crippen molar-refractivity contribution in [3.8, 4) is 11.5 Å². The molecule has 9 heteroatoms. The second-order valence-electron chi connectivity index (χ2n) is 4.67. The Morgan fingerprint density at radius 3 is 2.21 bits per heavy atom. The first-order valence-electron chi connectivity index (χ1n) is 7.22. The first-order chi connectivity index (χ1) is 10.9. The van der Waals surface area contributed by atoms with Crippen molar-refractivity contribution >= 4 is 29.9 Å². The minimum absolute atomic E-state index is 0. The Labute approximate surface area is 157 Å². The summed E-state index contributed by atoms with van der Waals surface area (Å²) in [6.45, 7) is 0.826. The van der Waals surface area contributed by atoms with Crippen LogP contribution in [0.2, 0.25) is 0 Å². The van der Waals surface area contributed by atoms with E-state index in [0.29, 0.717) is 25.5 Å². The smallest absolute Gasteiger partial charge is 0.390 e. The first-order valence-corrected chi connectivity index (χ1v) is 7.22. The number of rotatable bonds is 8. The molecule has 5 nitrogen and oxygen atoms in total. The molecule has 0 fully saturated rings. The summed E-state index contributed by atoms with van der Waals surface area (Å²) < 4.78 is 46.7. The monoisotopic (exact) mass is 461 g/mol. The Kier molecular flexibility index (Phi) is 11.3. The Morgan fingerprint density at radius 2 is 1.67 bits per heavy atom. The SMILES string of the molecule is CN=C(NCCCOc1ccc(OC)cc1)NCCC(F)(F)F.I. The zero-order valence-electron chi connectivity index (χ0n) is 13.7. The molecule has 0 radical (unpaired) electrons. The molecule has 0 saturated heterocycles. The molecular weight excluding hydrogens is 438 g/mol. The molecule has 0 heterocycles. The standard InChI is InChI=1S/C15H22F3N3O2.HI/c1-19-14(21-10-8-15(16,17)18)20-9-3-11-23-13-6-4-12(22-2)5-7-13;/h4-7H,3,8-11H2,1-2H3,(H2,19,20,21);1H. The van der Waals surface area contributed by atoms with Gasteiger partial charge < -0.3 is 20.1 Å². The van der Waals surface area contributed by atoms with Crippen LogP contribution in [0.1, 0.15) is 12.8 Å². The molecule has 0 unspecified atom stereocenters. The van der Waals surface area contributed by atoms with E-state index in [1.807, 2.05) is 12.1 Å². The van der Waals surface area contributed by atoms with Gasteiger partial charge in [-0.3, -0.25) is 4.99 Å². The van der Waals surface area contributed by atoms with Crippen molar-refractivity contribution in [2.45, 2.75) is 19.0 Å². The van der Waals surface area contributed by atoms with Crippen molar-refractivity contribution in [3.63, 3.8) is 0 Å². The summed E-state index contributed by atoms with van der Waals surface area (Å²) >= 11 is 0. The van der Waals surface area contributed by atoms with Crippen LogP contribution in [0.15, 0.2) is 29.3 Å². The molecular formula is C15H23F3IN3O2. The van der Waals surface area contributed by atoms with Gasteiger partial charge in [-0.25, -0.2) is 0 Å². The van der Waals surface area contributed by atoms with E-state index in [2.05, 4.69) is 15.6 Å². The molecule has 0 amide bonds. The maximum absolute atomic E-state index is 12.0. The Hall–Kier alpha value is -1.39. The largest absolute Gasteiger partial charge is 0.497 e. The number of nitrogens with zero attached hydrogens (tertiary/aromatic N) is 1. The molecule has 0 spiro atoms. The van der Waals surface area contributed by atoms with Crippen LogP contribution >= 0.6 is 24.0 Å². The number of aliphatic imine (C=N–C) groups is 1. The summed E-state index contributed by atoms with van der Waals surface area (Å²) in [6, 6.07) is 7.23. The van der Waals surface area contributed by atoms with Crippen molar-refractivity contribution in [2.75, 3.05) is 33.9 Å². The summed E-state index contributed by atoms with van der Waals surface area (Å²) in [6.07, 6.45) is -4.38. The molecule has 0 aliphatic carbocycles. The predicted octanol–water partition coefficient (Wildman–Crippen LogP) is 3.20. The summed E-state index contributed by atoms with van der Waals surface area (Å²) in [5.41, 5.74) is 0. The van der Waals surface area contributed by atoms with Crippen LogP contribution in [0, 0.1) is 0 Å². The summed E-state index contributed by atoms with van der Waals surface area (Å²) in [5, 5.41) is 5.54. The Balaban J connectivity index is 0.00000529. The van der Waals surface area contributed by atoms with Gasteiger partial charge in [0.05, 0.1) is 20.1 Å². The number of guanidine groups is 1. The van der Waals surface area contributed by atoms with E-state index in [4.69, 9.17) is 9.47 Å². The average Bonchev–Trinajstić information content (AvgIpc) is 2.52. The molecule has 0 saturated carbocycles. The van der Waals surface area contributed by atoms with Gasteiger partial charge in [-0.15, -0.1) is 24.0 Å². The lowest BCUT2D eigenvalue weighted by molar-refractivity contribution is -0.132. The van der Waals surface area contributed by atoms with E-state index < -0.39 is 12.6 Å². The lowest BCUT2D eigenvalue weighted by Crippen LogP contribution is -2.39. The number of halogens is 4. The normalized spacial score (nSPS) is 11.5. The van der Waals surface area contributed by atoms with E-state index in [1.54, 1.807) is 19.2 Å². The van der Waals surface area contributed by atoms with Gasteiger partial charge in [0, 0.05) is 20.1 Å². The highest BCUT2D eigenvalue weighted by molar-refractivity contribution is 14.0. The van der Waals surface area contributed by atoms with Gasteiger partial charge in [0.1, 0.15) is 11.5 Å². The fourth-order valence-corrected chi connectivity index (χ4v) is 1.68. The molecule has 0 atom stereocenters. The van der Waals surface area contributed by atoms with Gasteiger partial charge in [0.2, 0.25) is 0 Å². The lowest BCUT2D eigenvalue weighted by atomic mass is 10.3. The zero-order valence-corrected chi connectivity index (χ0v) is 16.0. The summed E-state index contributed by atoms with van der Waals surface area (Å²) in [4.78, 5) is 3.85. The van der Waals surface area contributed by atoms with Gasteiger partial charge in [-0.1, -0.05) is 0 Å². The third-order valence-corrected chi connectivity index (χ3v) is 2.87. The molecule has 0 aliphatic rings. The van der Waals surface area contributed by atoms with Gasteiger partial charge in [-0.2, -0.15) is 13.2 Å². The topological polar surface area (TPSA) is 54.9 Å². The van der Waals surface area contributed by atoms with Crippen LogP contribution in [0.5, 0.6) is 11.5 Å². The molecule has 1 aromatic carbocycles. The fraction of sp³-hybridized carbons (Fsp3) is 0.533. The second-order valence-corrected chi connectivity index (χ2v) is 4.67. The van der Waals surface area contributed by atoms with Gasteiger partial charge in [0.25, 0.3) is 0 Å². The van der Waals surface area contributed by atoms with Crippen molar-refractivity contribution < 1.29 is 22.6 Å². The quantitative estimate of drug-likeness (QED) is 0.270. The molecule has 1 rings (SSSR count). The summed E-state index contributed by atoms with van der Waals surface area (Å²) in [7, 11) is 3.11. The fourth-order valence-electron chi connectivity index (χ4n) is 1.68. The first kappa shape index (κ1) is 22.6. The molecule has 2 N–H and O–H groups in total. The maximum Gasteiger partial charge on any atom is 0.390 e. The molecule has 0 aromatic heterocycles. The number of nitrogens with one attached hydrogen (secondary N) is 2. The minimum Gasteiger partial charge on any atom is -0.497 e. The highest BCUT2D eigenvalue weighted by atomic mass is 127. The van der Waals surface area contributed by atoms with E-state index in [-0.39, 0.29) is 30.5 Å². The van der Waals surface area contributed by atoms with Crippen molar-refractivity contribution in [1.82, 2.24) is 10.6 Å². The van der Waals surface area contributed by atoms with E-state index >= 15 is 0 Å². The van der Waals surface area contributed by atoms with Crippen LogP contribution < -0.4 is 20.1 Å². The molecule has 0 aliphatic heterocycles. The third-order valence-electron chi connectivity index (χ3n) is 2.87. The van der Waals surface area contributed by atoms with Crippen LogP contribution in [-0.4, -0.2) is 46.0 Å². The van der Waals surface area contributed by atoms with Gasteiger partial charge in [-0.05, 0) is 30.7 Å². The highest BCUT2D eigenvalue weighted by Gasteiger charge is 2.26. The Morgan fingerprint density at radius 1 is 1.08 bits per heavy atom. The van der Waals surface area contributed by atoms with Gasteiger partial charge >= 0.3 is 6.18 Å². The maximum atomic E-state index is 12.0. The minimum atomic E-state index is -4.17. The number of alkyl halides is 3. The number of methoxy groups -OCH3 is 1. The van der Waals surface area contributed by atoms with E-state index in [1.165, 1.54) is 7.05 Å². The molecule has 24 heavy (non-hydrogen) atoms. The van der Waals surface area contributed by atoms with Crippen LogP contribution in [0.25, 0.3) is 0 Å². The number of benzene rings is 1. The average molecular weight is 461 g/mol. The van der Waals surface area contributed by atoms with Crippen molar-refractivity contribution in [1.29, 1.82) is 0 Å². The highest BCUT2D eigenvalue weighted by Crippen LogP contribution is 2.18. The molecule has 1 aromatic rings. The van der Waals surface area contributed by atoms with Gasteiger partial charge in [0.15, 0.2) is 5.96 Å². The van der Waals surface area contributed by atoms with Crippen LogP contribution in [0.3, 0.4) is 0 Å². The number of hydrogen-bond acceptors (Lipinski definition) is 3. The van der Waals surface area contributed by atoms with E-state index in [9.17, 15) is 13.2 Å². The number of hydrogen-bond donors (Lipinski definition) is 2. The third kappa shape index (κ3) is 10.4. The number of ether oxygens (including phenoxy) is 2. The zero-order chi connectivity index (χ0) is 17.1. The second kappa shape index (κ2) is 12.0. The van der Waals surface area contributed by atoms with Crippen LogP contribution in [-0.2, 0) is 0 Å². The van der Waals surface area contributed by atoms with Crippen molar-refractivity contribution in [3.05, 3.63) is 24.3 Å². The lowest BCUT2D eigenvalue weighted by Gasteiger charge is -2.13. The van der Waals surface area contributed by atoms with Crippen LogP contribution in [0.4, 0.5) is 13.2 Å². The van der Waals surface area contributed by atoms with Crippen molar-refractivity contribution in [2.24, 2.45) is 4.99 Å². The summed E-state index contributed by atoms with van der Waals surface area (Å²) in [5.74, 6) is 1.84. The molecule has 138 valence electrons. The molecule has 0 bridgehead atoms. The van der Waals surface area contributed by atoms with E-state index in [0.717, 1.165) is 11.5 Å². The predicted molar refractivity (Wildman–Crippen MR) is 98.6 cm³/mol.